The van der Waals surface area contributed by atoms with Gasteiger partial charge < -0.3 is 15.0 Å². The largest absolute Gasteiger partial charge is 0.484 e. The Hall–Kier alpha value is -2.53. The Morgan fingerprint density at radius 1 is 1.09 bits per heavy atom. The standard InChI is InChI=1S/C28H37ClN2O3/c1-20(27(33)30-24-11-6-5-7-12-24)31(18-21-9-8-10-23(29)17-21)26(32)19-34-25-15-13-22(14-16-25)28(2,3)4/h8-10,13-17,20,24H,5-7,11-12,18-19H2,1-4H3,(H,30,33)/t20-/m1/s1. The Bertz CT molecular complexity index is 962. The molecular formula is C28H37ClN2O3. The molecular weight excluding hydrogens is 448 g/mol. The van der Waals surface area contributed by atoms with E-state index < -0.39 is 6.04 Å². The summed E-state index contributed by atoms with van der Waals surface area (Å²) >= 11 is 6.16. The third-order valence-corrected chi connectivity index (χ3v) is 6.68. The molecule has 2 aromatic carbocycles. The number of benzene rings is 2. The summed E-state index contributed by atoms with van der Waals surface area (Å²) in [5.74, 6) is 0.256. The van der Waals surface area contributed by atoms with E-state index in [1.165, 1.54) is 12.0 Å². The SMILES string of the molecule is C[C@H](C(=O)NC1CCCCC1)N(Cc1cccc(Cl)c1)C(=O)COc1ccc(C(C)(C)C)cc1. The van der Waals surface area contributed by atoms with Gasteiger partial charge in [0.2, 0.25) is 5.91 Å². The lowest BCUT2D eigenvalue weighted by Gasteiger charge is -2.31. The molecule has 0 saturated heterocycles. The number of carbonyl (C=O) groups excluding carboxylic acids is 2. The van der Waals surface area contributed by atoms with Gasteiger partial charge in [-0.3, -0.25) is 9.59 Å². The van der Waals surface area contributed by atoms with Crippen molar-refractivity contribution in [2.45, 2.75) is 83.8 Å². The molecule has 1 fully saturated rings. The van der Waals surface area contributed by atoms with Crippen LogP contribution in [0.1, 0.15) is 70.9 Å². The van der Waals surface area contributed by atoms with E-state index in [0.29, 0.717) is 10.8 Å². The first-order chi connectivity index (χ1) is 16.1. The van der Waals surface area contributed by atoms with Gasteiger partial charge in [-0.2, -0.15) is 0 Å². The monoisotopic (exact) mass is 484 g/mol. The second-order valence-electron chi connectivity index (χ2n) is 10.2. The summed E-state index contributed by atoms with van der Waals surface area (Å²) in [5.41, 5.74) is 2.11. The van der Waals surface area contributed by atoms with E-state index in [1.54, 1.807) is 17.9 Å². The van der Waals surface area contributed by atoms with Crippen LogP contribution in [0, 0.1) is 0 Å². The summed E-state index contributed by atoms with van der Waals surface area (Å²) < 4.78 is 5.81. The zero-order valence-corrected chi connectivity index (χ0v) is 21.5. The van der Waals surface area contributed by atoms with Crippen LogP contribution in [0.5, 0.6) is 5.75 Å². The number of amides is 2. The van der Waals surface area contributed by atoms with E-state index in [-0.39, 0.29) is 36.4 Å². The Labute approximate surface area is 208 Å². The zero-order chi connectivity index (χ0) is 24.7. The average molecular weight is 485 g/mol. The Morgan fingerprint density at radius 3 is 2.38 bits per heavy atom. The van der Waals surface area contributed by atoms with E-state index in [4.69, 9.17) is 16.3 Å². The van der Waals surface area contributed by atoms with Gasteiger partial charge in [0.25, 0.3) is 5.91 Å². The van der Waals surface area contributed by atoms with Crippen molar-refractivity contribution in [2.75, 3.05) is 6.61 Å². The molecule has 184 valence electrons. The lowest BCUT2D eigenvalue weighted by atomic mass is 9.87. The molecule has 0 spiro atoms. The van der Waals surface area contributed by atoms with Crippen molar-refractivity contribution >= 4 is 23.4 Å². The first-order valence-corrected chi connectivity index (χ1v) is 12.6. The van der Waals surface area contributed by atoms with Crippen LogP contribution in [0.4, 0.5) is 0 Å². The normalized spacial score (nSPS) is 15.4. The van der Waals surface area contributed by atoms with Crippen LogP contribution < -0.4 is 10.1 Å². The highest BCUT2D eigenvalue weighted by molar-refractivity contribution is 6.30. The van der Waals surface area contributed by atoms with Gasteiger partial charge in [-0.1, -0.05) is 75.9 Å². The minimum atomic E-state index is -0.625. The zero-order valence-electron chi connectivity index (χ0n) is 20.8. The quantitative estimate of drug-likeness (QED) is 0.508. The first kappa shape index (κ1) is 26.1. The van der Waals surface area contributed by atoms with Crippen LogP contribution in [0.2, 0.25) is 5.02 Å². The number of ether oxygens (including phenoxy) is 1. The first-order valence-electron chi connectivity index (χ1n) is 12.2. The van der Waals surface area contributed by atoms with Crippen molar-refractivity contribution in [1.82, 2.24) is 10.2 Å². The van der Waals surface area contributed by atoms with Gasteiger partial charge in [0.15, 0.2) is 6.61 Å². The summed E-state index contributed by atoms with van der Waals surface area (Å²) in [6, 6.07) is 14.7. The van der Waals surface area contributed by atoms with Gasteiger partial charge in [-0.15, -0.1) is 0 Å². The molecule has 5 nitrogen and oxygen atoms in total. The number of hydrogen-bond acceptors (Lipinski definition) is 3. The molecule has 0 unspecified atom stereocenters. The van der Waals surface area contributed by atoms with Crippen molar-refractivity contribution in [3.63, 3.8) is 0 Å². The number of nitrogens with zero attached hydrogens (tertiary/aromatic N) is 1. The Morgan fingerprint density at radius 2 is 1.76 bits per heavy atom. The molecule has 0 aromatic heterocycles. The number of carbonyl (C=O) groups is 2. The molecule has 6 heteroatoms. The molecule has 2 aromatic rings. The molecule has 0 heterocycles. The summed E-state index contributed by atoms with van der Waals surface area (Å²) in [6.07, 6.45) is 5.47. The lowest BCUT2D eigenvalue weighted by molar-refractivity contribution is -0.142. The van der Waals surface area contributed by atoms with Crippen LogP contribution >= 0.6 is 11.6 Å². The molecule has 0 aliphatic heterocycles. The summed E-state index contributed by atoms with van der Waals surface area (Å²) in [7, 11) is 0. The molecule has 1 N–H and O–H groups in total. The highest BCUT2D eigenvalue weighted by Gasteiger charge is 2.28. The van der Waals surface area contributed by atoms with Gasteiger partial charge in [0.05, 0.1) is 0 Å². The van der Waals surface area contributed by atoms with E-state index in [0.717, 1.165) is 31.2 Å². The van der Waals surface area contributed by atoms with Gasteiger partial charge in [0.1, 0.15) is 11.8 Å². The smallest absolute Gasteiger partial charge is 0.261 e. The van der Waals surface area contributed by atoms with Crippen molar-refractivity contribution in [1.29, 1.82) is 0 Å². The fraction of sp³-hybridized carbons (Fsp3) is 0.500. The van der Waals surface area contributed by atoms with Crippen LogP contribution in [-0.4, -0.2) is 35.4 Å². The molecule has 0 radical (unpaired) electrons. The van der Waals surface area contributed by atoms with E-state index in [1.807, 2.05) is 42.5 Å². The van der Waals surface area contributed by atoms with Crippen LogP contribution in [-0.2, 0) is 21.5 Å². The van der Waals surface area contributed by atoms with Crippen LogP contribution in [0.25, 0.3) is 0 Å². The van der Waals surface area contributed by atoms with Gasteiger partial charge in [-0.05, 0) is 60.6 Å². The molecule has 3 rings (SSSR count). The van der Waals surface area contributed by atoms with Gasteiger partial charge in [0, 0.05) is 17.6 Å². The minimum absolute atomic E-state index is 0.0449. The van der Waals surface area contributed by atoms with E-state index in [9.17, 15) is 9.59 Å². The highest BCUT2D eigenvalue weighted by Crippen LogP contribution is 2.24. The van der Waals surface area contributed by atoms with Crippen molar-refractivity contribution in [3.05, 3.63) is 64.7 Å². The lowest BCUT2D eigenvalue weighted by Crippen LogP contribution is -2.51. The second kappa shape index (κ2) is 11.7. The fourth-order valence-electron chi connectivity index (χ4n) is 4.26. The molecule has 34 heavy (non-hydrogen) atoms. The minimum Gasteiger partial charge on any atom is -0.484 e. The maximum Gasteiger partial charge on any atom is 0.261 e. The predicted molar refractivity (Wildman–Crippen MR) is 137 cm³/mol. The number of rotatable bonds is 8. The number of halogens is 1. The topological polar surface area (TPSA) is 58.6 Å². The maximum absolute atomic E-state index is 13.3. The molecule has 2 amide bonds. The second-order valence-corrected chi connectivity index (χ2v) is 10.7. The van der Waals surface area contributed by atoms with Gasteiger partial charge >= 0.3 is 0 Å². The predicted octanol–water partition coefficient (Wildman–Crippen LogP) is 5.88. The Balaban J connectivity index is 1.69. The van der Waals surface area contributed by atoms with Crippen molar-refractivity contribution in [2.24, 2.45) is 0 Å². The molecule has 1 aliphatic rings. The van der Waals surface area contributed by atoms with E-state index >= 15 is 0 Å². The van der Waals surface area contributed by atoms with Crippen molar-refractivity contribution in [3.8, 4) is 5.75 Å². The van der Waals surface area contributed by atoms with Crippen molar-refractivity contribution < 1.29 is 14.3 Å². The Kier molecular flexibility index (Phi) is 9.01. The molecule has 0 bridgehead atoms. The number of nitrogens with one attached hydrogen (secondary N) is 1. The maximum atomic E-state index is 13.3. The third kappa shape index (κ3) is 7.49. The average Bonchev–Trinajstić information content (AvgIpc) is 2.81. The summed E-state index contributed by atoms with van der Waals surface area (Å²) in [4.78, 5) is 27.9. The van der Waals surface area contributed by atoms with Crippen LogP contribution in [0.3, 0.4) is 0 Å². The number of hydrogen-bond donors (Lipinski definition) is 1. The van der Waals surface area contributed by atoms with Crippen LogP contribution in [0.15, 0.2) is 48.5 Å². The molecule has 1 saturated carbocycles. The van der Waals surface area contributed by atoms with Gasteiger partial charge in [-0.25, -0.2) is 0 Å². The fourth-order valence-corrected chi connectivity index (χ4v) is 4.48. The molecule has 1 atom stereocenters. The summed E-state index contributed by atoms with van der Waals surface area (Å²) in [5, 5.41) is 3.74. The third-order valence-electron chi connectivity index (χ3n) is 6.44. The summed E-state index contributed by atoms with van der Waals surface area (Å²) in [6.45, 7) is 8.37. The highest BCUT2D eigenvalue weighted by atomic mass is 35.5. The molecule has 1 aliphatic carbocycles. The van der Waals surface area contributed by atoms with E-state index in [2.05, 4.69) is 26.1 Å².